The molecule has 0 atom stereocenters. The number of fused-ring (bicyclic) bond motifs is 2. The third-order valence-electron chi connectivity index (χ3n) is 5.41. The van der Waals surface area contributed by atoms with Gasteiger partial charge in [0.1, 0.15) is 5.75 Å². The van der Waals surface area contributed by atoms with E-state index in [4.69, 9.17) is 20.9 Å². The maximum absolute atomic E-state index is 13.2. The van der Waals surface area contributed by atoms with Crippen LogP contribution in [0.1, 0.15) is 36.6 Å². The van der Waals surface area contributed by atoms with E-state index >= 15 is 0 Å². The molecule has 32 heavy (non-hydrogen) atoms. The number of aromatic nitrogens is 2. The summed E-state index contributed by atoms with van der Waals surface area (Å²) in [7, 11) is 0. The lowest BCUT2D eigenvalue weighted by Crippen LogP contribution is -2.06. The molecule has 170 valence electrons. The van der Waals surface area contributed by atoms with Crippen LogP contribution in [0.3, 0.4) is 0 Å². The molecule has 9 heteroatoms. The van der Waals surface area contributed by atoms with E-state index in [-0.39, 0.29) is 17.6 Å². The smallest absolute Gasteiger partial charge is 0.437 e. The number of aliphatic hydroxyl groups excluding tert-OH is 1. The molecule has 2 heterocycles. The predicted molar refractivity (Wildman–Crippen MR) is 116 cm³/mol. The molecule has 0 amide bonds. The van der Waals surface area contributed by atoms with E-state index in [0.29, 0.717) is 47.9 Å². The largest absolute Gasteiger partial charge is 0.493 e. The number of aliphatic hydroxyl groups is 1. The third kappa shape index (κ3) is 4.17. The summed E-state index contributed by atoms with van der Waals surface area (Å²) in [5.74, 6) is 0.511. The lowest BCUT2D eigenvalue weighted by atomic mass is 10.0. The molecule has 0 saturated heterocycles. The zero-order valence-corrected chi connectivity index (χ0v) is 18.1. The molecule has 0 aliphatic heterocycles. The summed E-state index contributed by atoms with van der Waals surface area (Å²) in [6.07, 6.45) is -0.718. The van der Waals surface area contributed by atoms with Crippen LogP contribution in [-0.2, 0) is 25.7 Å². The Bertz CT molecular complexity index is 1250. The van der Waals surface area contributed by atoms with E-state index in [1.54, 1.807) is 12.1 Å². The Hall–Kier alpha value is -2.71. The quantitative estimate of drug-likeness (QED) is 0.306. The second-order valence-electron chi connectivity index (χ2n) is 7.54. The Morgan fingerprint density at radius 3 is 2.69 bits per heavy atom. The van der Waals surface area contributed by atoms with Crippen molar-refractivity contribution in [1.82, 2.24) is 9.72 Å². The first-order valence-corrected chi connectivity index (χ1v) is 10.7. The summed E-state index contributed by atoms with van der Waals surface area (Å²) in [5.41, 5.74) is 1.35. The standard InChI is InChI=1S/C23H22ClF3N2O3/c1-2-4-16-19(8-6-17-21(16)32-28-22(17)23(25,26)27)31-12-3-10-29-11-9-15-18(29)7-5-14(13-30)20(15)24/h5-9,11,30H,2-4,10,12-13H2,1H3. The van der Waals surface area contributed by atoms with Crippen LogP contribution in [0.5, 0.6) is 5.75 Å². The molecule has 4 rings (SSSR count). The molecule has 0 aliphatic carbocycles. The number of alkyl halides is 3. The topological polar surface area (TPSA) is 60.4 Å². The van der Waals surface area contributed by atoms with Crippen molar-refractivity contribution in [2.24, 2.45) is 0 Å². The van der Waals surface area contributed by atoms with Gasteiger partial charge in [0, 0.05) is 29.2 Å². The van der Waals surface area contributed by atoms with Crippen LogP contribution in [0.25, 0.3) is 21.9 Å². The molecule has 5 nitrogen and oxygen atoms in total. The average molecular weight is 467 g/mol. The summed E-state index contributed by atoms with van der Waals surface area (Å²) in [4.78, 5) is 0. The highest BCUT2D eigenvalue weighted by Gasteiger charge is 2.37. The van der Waals surface area contributed by atoms with E-state index in [1.165, 1.54) is 6.07 Å². The maximum atomic E-state index is 13.2. The number of hydrogen-bond donors (Lipinski definition) is 1. The van der Waals surface area contributed by atoms with E-state index in [0.717, 1.165) is 17.3 Å². The van der Waals surface area contributed by atoms with E-state index in [2.05, 4.69) is 5.16 Å². The zero-order valence-electron chi connectivity index (χ0n) is 17.4. The van der Waals surface area contributed by atoms with Crippen molar-refractivity contribution in [1.29, 1.82) is 0 Å². The fraction of sp³-hybridized carbons (Fsp3) is 0.348. The van der Waals surface area contributed by atoms with Gasteiger partial charge in [-0.25, -0.2) is 0 Å². The molecule has 2 aromatic carbocycles. The highest BCUT2D eigenvalue weighted by molar-refractivity contribution is 6.36. The van der Waals surface area contributed by atoms with E-state index < -0.39 is 11.9 Å². The van der Waals surface area contributed by atoms with Crippen molar-refractivity contribution in [2.45, 2.75) is 45.5 Å². The molecule has 0 radical (unpaired) electrons. The van der Waals surface area contributed by atoms with Crippen molar-refractivity contribution in [3.63, 3.8) is 0 Å². The number of aryl methyl sites for hydroxylation is 2. The van der Waals surface area contributed by atoms with Gasteiger partial charge in [0.15, 0.2) is 11.3 Å². The molecule has 4 aromatic rings. The highest BCUT2D eigenvalue weighted by Crippen LogP contribution is 2.38. The molecular formula is C23H22ClF3N2O3. The lowest BCUT2D eigenvalue weighted by molar-refractivity contribution is -0.141. The SMILES string of the molecule is CCCc1c(OCCCn2ccc3c(Cl)c(CO)ccc32)ccc2c(C(F)(F)F)noc12. The zero-order chi connectivity index (χ0) is 22.9. The first-order chi connectivity index (χ1) is 15.3. The summed E-state index contributed by atoms with van der Waals surface area (Å²) in [5, 5.41) is 14.0. The van der Waals surface area contributed by atoms with E-state index in [1.807, 2.05) is 29.8 Å². The Labute approximate surface area is 187 Å². The number of halogens is 4. The lowest BCUT2D eigenvalue weighted by Gasteiger charge is -2.12. The van der Waals surface area contributed by atoms with Crippen LogP contribution in [-0.4, -0.2) is 21.4 Å². The summed E-state index contributed by atoms with van der Waals surface area (Å²) >= 11 is 6.34. The van der Waals surface area contributed by atoms with Gasteiger partial charge in [0.05, 0.1) is 23.6 Å². The van der Waals surface area contributed by atoms with Gasteiger partial charge in [0.25, 0.3) is 0 Å². The van der Waals surface area contributed by atoms with Crippen molar-refractivity contribution in [3.05, 3.63) is 58.4 Å². The van der Waals surface area contributed by atoms with Gasteiger partial charge in [0.2, 0.25) is 0 Å². The minimum atomic E-state index is -4.57. The molecule has 0 bridgehead atoms. The van der Waals surface area contributed by atoms with Crippen molar-refractivity contribution in [2.75, 3.05) is 6.61 Å². The first-order valence-electron chi connectivity index (χ1n) is 10.3. The van der Waals surface area contributed by atoms with Crippen LogP contribution in [0.2, 0.25) is 5.02 Å². The van der Waals surface area contributed by atoms with Crippen LogP contribution in [0, 0.1) is 0 Å². The van der Waals surface area contributed by atoms with Crippen LogP contribution >= 0.6 is 11.6 Å². The molecular weight excluding hydrogens is 445 g/mol. The number of nitrogens with zero attached hydrogens (tertiary/aromatic N) is 2. The summed E-state index contributed by atoms with van der Waals surface area (Å²) in [6, 6.07) is 8.54. The van der Waals surface area contributed by atoms with Crippen LogP contribution < -0.4 is 4.74 Å². The number of benzene rings is 2. The summed E-state index contributed by atoms with van der Waals surface area (Å²) < 4.78 is 52.5. The average Bonchev–Trinajstić information content (AvgIpc) is 3.37. The Kier molecular flexibility index (Phi) is 6.35. The first kappa shape index (κ1) is 22.5. The van der Waals surface area contributed by atoms with Crippen molar-refractivity contribution >= 4 is 33.5 Å². The monoisotopic (exact) mass is 466 g/mol. The summed E-state index contributed by atoms with van der Waals surface area (Å²) in [6.45, 7) is 2.87. The van der Waals surface area contributed by atoms with Gasteiger partial charge >= 0.3 is 6.18 Å². The highest BCUT2D eigenvalue weighted by atomic mass is 35.5. The van der Waals surface area contributed by atoms with Crippen LogP contribution in [0.15, 0.2) is 41.1 Å². The Morgan fingerprint density at radius 1 is 1.16 bits per heavy atom. The normalized spacial score (nSPS) is 12.2. The van der Waals surface area contributed by atoms with Crippen LogP contribution in [0.4, 0.5) is 13.2 Å². The molecule has 0 spiro atoms. The van der Waals surface area contributed by atoms with Gasteiger partial charge in [-0.15, -0.1) is 0 Å². The van der Waals surface area contributed by atoms with Gasteiger partial charge in [-0.05, 0) is 42.7 Å². The molecule has 0 aliphatic rings. The third-order valence-corrected chi connectivity index (χ3v) is 5.85. The maximum Gasteiger partial charge on any atom is 0.437 e. The van der Waals surface area contributed by atoms with E-state index in [9.17, 15) is 18.3 Å². The van der Waals surface area contributed by atoms with Gasteiger partial charge < -0.3 is 18.9 Å². The fourth-order valence-corrected chi connectivity index (χ4v) is 4.17. The molecule has 1 N–H and O–H groups in total. The fourth-order valence-electron chi connectivity index (χ4n) is 3.88. The van der Waals surface area contributed by atoms with Crippen molar-refractivity contribution < 1.29 is 27.5 Å². The number of rotatable bonds is 8. The van der Waals surface area contributed by atoms with Gasteiger partial charge in [-0.1, -0.05) is 36.2 Å². The second-order valence-corrected chi connectivity index (χ2v) is 7.92. The number of ether oxygens (including phenoxy) is 1. The van der Waals surface area contributed by atoms with Gasteiger partial charge in [-0.3, -0.25) is 0 Å². The molecule has 0 unspecified atom stereocenters. The predicted octanol–water partition coefficient (Wildman–Crippen LogP) is 6.37. The van der Waals surface area contributed by atoms with Gasteiger partial charge in [-0.2, -0.15) is 13.2 Å². The Balaban J connectivity index is 1.48. The van der Waals surface area contributed by atoms with Crippen molar-refractivity contribution in [3.8, 4) is 5.75 Å². The minimum Gasteiger partial charge on any atom is -0.493 e. The molecule has 0 saturated carbocycles. The number of hydrogen-bond acceptors (Lipinski definition) is 4. The minimum absolute atomic E-state index is 0.0498. The Morgan fingerprint density at radius 2 is 1.97 bits per heavy atom. The second kappa shape index (κ2) is 9.03. The molecule has 0 fully saturated rings. The molecule has 2 aromatic heterocycles.